The Hall–Kier alpha value is -3.13. The smallest absolute Gasteiger partial charge is 0.261 e. The lowest BCUT2D eigenvalue weighted by atomic mass is 10.1. The number of fused-ring (bicyclic) bond motifs is 1. The van der Waals surface area contributed by atoms with Crippen molar-refractivity contribution in [3.05, 3.63) is 75.8 Å². The van der Waals surface area contributed by atoms with Gasteiger partial charge >= 0.3 is 0 Å². The van der Waals surface area contributed by atoms with Gasteiger partial charge in [-0.05, 0) is 36.8 Å². The fourth-order valence-corrected chi connectivity index (χ4v) is 2.81. The van der Waals surface area contributed by atoms with Crippen molar-refractivity contribution in [3.8, 4) is 0 Å². The van der Waals surface area contributed by atoms with Crippen LogP contribution >= 0.6 is 0 Å². The summed E-state index contributed by atoms with van der Waals surface area (Å²) in [5.41, 5.74) is 5.94. The van der Waals surface area contributed by atoms with Gasteiger partial charge in [-0.1, -0.05) is 18.2 Å². The number of aromatic nitrogens is 2. The van der Waals surface area contributed by atoms with E-state index in [4.69, 9.17) is 5.73 Å². The highest BCUT2D eigenvalue weighted by atomic mass is 19.2. The standard InChI is InChI=1S/C19H18F2N4O2/c1-11(12-6-7-14(20)15(21)8-12)23-9-18-24-16-5-3-2-4-13(16)19(27)25(18)10-17(22)26/h2-8,11,23H,9-10H2,1H3,(H2,22,26). The van der Waals surface area contributed by atoms with Gasteiger partial charge in [0.1, 0.15) is 12.4 Å². The van der Waals surface area contributed by atoms with E-state index in [9.17, 15) is 18.4 Å². The van der Waals surface area contributed by atoms with Gasteiger partial charge in [-0.2, -0.15) is 0 Å². The molecule has 3 N–H and O–H groups in total. The predicted octanol–water partition coefficient (Wildman–Crippen LogP) is 2.01. The summed E-state index contributed by atoms with van der Waals surface area (Å²) in [5.74, 6) is -2.19. The molecule has 8 heteroatoms. The van der Waals surface area contributed by atoms with Crippen molar-refractivity contribution < 1.29 is 13.6 Å². The van der Waals surface area contributed by atoms with Crippen molar-refractivity contribution in [1.29, 1.82) is 0 Å². The largest absolute Gasteiger partial charge is 0.368 e. The zero-order valence-electron chi connectivity index (χ0n) is 14.6. The second kappa shape index (κ2) is 7.63. The highest BCUT2D eigenvalue weighted by molar-refractivity contribution is 5.78. The second-order valence-electron chi connectivity index (χ2n) is 6.18. The lowest BCUT2D eigenvalue weighted by molar-refractivity contribution is -0.118. The third-order valence-corrected chi connectivity index (χ3v) is 4.26. The molecule has 0 radical (unpaired) electrons. The Morgan fingerprint density at radius 1 is 1.22 bits per heavy atom. The minimum atomic E-state index is -0.935. The molecule has 0 saturated carbocycles. The molecule has 1 atom stereocenters. The average Bonchev–Trinajstić information content (AvgIpc) is 2.64. The third kappa shape index (κ3) is 4.01. The Kier molecular flexibility index (Phi) is 5.27. The highest BCUT2D eigenvalue weighted by Gasteiger charge is 2.14. The SMILES string of the molecule is CC(NCc1nc2ccccc2c(=O)n1CC(N)=O)c1ccc(F)c(F)c1. The monoisotopic (exact) mass is 372 g/mol. The van der Waals surface area contributed by atoms with Crippen LogP contribution in [0, 0.1) is 11.6 Å². The van der Waals surface area contributed by atoms with E-state index in [1.807, 2.05) is 0 Å². The molecule has 140 valence electrons. The summed E-state index contributed by atoms with van der Waals surface area (Å²) in [7, 11) is 0. The molecule has 0 spiro atoms. The Morgan fingerprint density at radius 2 is 1.96 bits per heavy atom. The van der Waals surface area contributed by atoms with Crippen molar-refractivity contribution in [2.24, 2.45) is 5.73 Å². The van der Waals surface area contributed by atoms with E-state index >= 15 is 0 Å². The van der Waals surface area contributed by atoms with E-state index in [-0.39, 0.29) is 24.7 Å². The molecule has 1 unspecified atom stereocenters. The molecule has 0 aliphatic carbocycles. The number of nitrogens with one attached hydrogen (secondary N) is 1. The molecule has 1 aromatic heterocycles. The van der Waals surface area contributed by atoms with E-state index in [1.54, 1.807) is 31.2 Å². The minimum Gasteiger partial charge on any atom is -0.368 e. The molecule has 3 rings (SSSR count). The lowest BCUT2D eigenvalue weighted by Crippen LogP contribution is -2.33. The Labute approximate surface area is 153 Å². The van der Waals surface area contributed by atoms with E-state index in [2.05, 4.69) is 10.3 Å². The fraction of sp³-hybridized carbons (Fsp3) is 0.211. The van der Waals surface area contributed by atoms with Crippen LogP contribution in [-0.4, -0.2) is 15.5 Å². The van der Waals surface area contributed by atoms with Crippen LogP contribution in [0.1, 0.15) is 24.4 Å². The van der Waals surface area contributed by atoms with Crippen LogP contribution in [0.3, 0.4) is 0 Å². The summed E-state index contributed by atoms with van der Waals surface area (Å²) in [6.07, 6.45) is 0. The summed E-state index contributed by atoms with van der Waals surface area (Å²) in [4.78, 5) is 28.5. The van der Waals surface area contributed by atoms with Gasteiger partial charge in [0, 0.05) is 6.04 Å². The van der Waals surface area contributed by atoms with Gasteiger partial charge < -0.3 is 11.1 Å². The molecule has 0 saturated heterocycles. The van der Waals surface area contributed by atoms with Crippen LogP contribution in [0.15, 0.2) is 47.3 Å². The Bertz CT molecular complexity index is 1070. The number of carbonyl (C=O) groups excluding carboxylic acids is 1. The third-order valence-electron chi connectivity index (χ3n) is 4.26. The summed E-state index contributed by atoms with van der Waals surface area (Å²) in [6, 6.07) is 10.1. The minimum absolute atomic E-state index is 0.132. The first kappa shape index (κ1) is 18.7. The van der Waals surface area contributed by atoms with Crippen molar-refractivity contribution in [2.75, 3.05) is 0 Å². The topological polar surface area (TPSA) is 90.0 Å². The second-order valence-corrected chi connectivity index (χ2v) is 6.18. The highest BCUT2D eigenvalue weighted by Crippen LogP contribution is 2.16. The zero-order chi connectivity index (χ0) is 19.6. The fourth-order valence-electron chi connectivity index (χ4n) is 2.81. The van der Waals surface area contributed by atoms with E-state index in [1.165, 1.54) is 10.6 Å². The molecule has 6 nitrogen and oxygen atoms in total. The first-order valence-corrected chi connectivity index (χ1v) is 8.32. The van der Waals surface area contributed by atoms with Crippen molar-refractivity contribution in [3.63, 3.8) is 0 Å². The van der Waals surface area contributed by atoms with Crippen molar-refractivity contribution >= 4 is 16.8 Å². The number of halogens is 2. The van der Waals surface area contributed by atoms with Crippen LogP contribution in [0.5, 0.6) is 0 Å². The quantitative estimate of drug-likeness (QED) is 0.693. The number of hydrogen-bond acceptors (Lipinski definition) is 4. The molecular formula is C19H18F2N4O2. The lowest BCUT2D eigenvalue weighted by Gasteiger charge is -2.17. The van der Waals surface area contributed by atoms with E-state index in [0.29, 0.717) is 22.3 Å². The van der Waals surface area contributed by atoms with Crippen molar-refractivity contribution in [1.82, 2.24) is 14.9 Å². The van der Waals surface area contributed by atoms with Gasteiger partial charge in [0.25, 0.3) is 5.56 Å². The molecule has 0 aliphatic heterocycles. The van der Waals surface area contributed by atoms with Gasteiger partial charge in [0.05, 0.1) is 17.4 Å². The summed E-state index contributed by atoms with van der Waals surface area (Å²) in [5, 5.41) is 3.49. The summed E-state index contributed by atoms with van der Waals surface area (Å²) in [6.45, 7) is 1.60. The number of rotatable bonds is 6. The molecule has 1 amide bonds. The number of para-hydroxylation sites is 1. The van der Waals surface area contributed by atoms with Crippen LogP contribution in [0.25, 0.3) is 10.9 Å². The van der Waals surface area contributed by atoms with E-state index in [0.717, 1.165) is 12.1 Å². The van der Waals surface area contributed by atoms with Crippen LogP contribution < -0.4 is 16.6 Å². The molecule has 0 bridgehead atoms. The molecule has 1 heterocycles. The van der Waals surface area contributed by atoms with Gasteiger partial charge in [-0.3, -0.25) is 14.2 Å². The maximum Gasteiger partial charge on any atom is 0.261 e. The number of nitrogens with zero attached hydrogens (tertiary/aromatic N) is 2. The number of benzene rings is 2. The Balaban J connectivity index is 1.92. The number of amides is 1. The predicted molar refractivity (Wildman–Crippen MR) is 96.8 cm³/mol. The van der Waals surface area contributed by atoms with Crippen molar-refractivity contribution in [2.45, 2.75) is 26.1 Å². The number of hydrogen-bond donors (Lipinski definition) is 2. The maximum absolute atomic E-state index is 13.4. The van der Waals surface area contributed by atoms with Gasteiger partial charge in [0.15, 0.2) is 11.6 Å². The molecule has 0 aliphatic rings. The normalized spacial score (nSPS) is 12.3. The van der Waals surface area contributed by atoms with Crippen LogP contribution in [-0.2, 0) is 17.9 Å². The van der Waals surface area contributed by atoms with Gasteiger partial charge in [-0.15, -0.1) is 0 Å². The summed E-state index contributed by atoms with van der Waals surface area (Å²) >= 11 is 0. The molecule has 27 heavy (non-hydrogen) atoms. The zero-order valence-corrected chi connectivity index (χ0v) is 14.6. The first-order valence-electron chi connectivity index (χ1n) is 8.32. The molecule has 3 aromatic rings. The molecule has 2 aromatic carbocycles. The van der Waals surface area contributed by atoms with Gasteiger partial charge in [-0.25, -0.2) is 13.8 Å². The maximum atomic E-state index is 13.4. The molecule has 0 fully saturated rings. The van der Waals surface area contributed by atoms with Gasteiger partial charge in [0.2, 0.25) is 5.91 Å². The Morgan fingerprint density at radius 3 is 2.67 bits per heavy atom. The average molecular weight is 372 g/mol. The first-order chi connectivity index (χ1) is 12.9. The number of nitrogens with two attached hydrogens (primary N) is 1. The molecular weight excluding hydrogens is 354 g/mol. The van der Waals surface area contributed by atoms with E-state index < -0.39 is 17.5 Å². The van der Waals surface area contributed by atoms with Crippen LogP contribution in [0.2, 0.25) is 0 Å². The number of carbonyl (C=O) groups is 1. The summed E-state index contributed by atoms with van der Waals surface area (Å²) < 4.78 is 27.7. The van der Waals surface area contributed by atoms with Crippen LogP contribution in [0.4, 0.5) is 8.78 Å². The number of primary amides is 1.